The van der Waals surface area contributed by atoms with Gasteiger partial charge >= 0.3 is 0 Å². The quantitative estimate of drug-likeness (QED) is 0.482. The largest absolute Gasteiger partial charge is 0.497 e. The van der Waals surface area contributed by atoms with Gasteiger partial charge in [0.2, 0.25) is 11.8 Å². The SMILES string of the molecule is COc1ccc(C[C@@]2(CCC(=O)NCc3cnn(Cc4ccccc4)c3)CCC(=O)N2)c(F)c1. The van der Waals surface area contributed by atoms with Crippen LogP contribution in [0.2, 0.25) is 0 Å². The van der Waals surface area contributed by atoms with E-state index in [1.54, 1.807) is 18.3 Å². The Morgan fingerprint density at radius 3 is 2.76 bits per heavy atom. The number of nitrogens with one attached hydrogen (secondary N) is 2. The Balaban J connectivity index is 1.31. The molecule has 3 aromatic rings. The Labute approximate surface area is 198 Å². The molecule has 0 spiro atoms. The number of methoxy groups -OCH3 is 1. The van der Waals surface area contributed by atoms with Gasteiger partial charge in [0.25, 0.3) is 0 Å². The molecule has 0 unspecified atom stereocenters. The molecular formula is C26H29FN4O3. The number of hydrogen-bond acceptors (Lipinski definition) is 4. The summed E-state index contributed by atoms with van der Waals surface area (Å²) >= 11 is 0. The van der Waals surface area contributed by atoms with Gasteiger partial charge in [0.05, 0.1) is 19.9 Å². The predicted molar refractivity (Wildman–Crippen MR) is 126 cm³/mol. The average Bonchev–Trinajstić information content (AvgIpc) is 3.44. The summed E-state index contributed by atoms with van der Waals surface area (Å²) in [6, 6.07) is 14.7. The van der Waals surface area contributed by atoms with Crippen LogP contribution in [-0.2, 0) is 29.1 Å². The first-order chi connectivity index (χ1) is 16.4. The molecule has 1 aromatic heterocycles. The molecule has 2 heterocycles. The third kappa shape index (κ3) is 6.01. The summed E-state index contributed by atoms with van der Waals surface area (Å²) in [6.45, 7) is 1.04. The van der Waals surface area contributed by atoms with E-state index in [9.17, 15) is 14.0 Å². The third-order valence-electron chi connectivity index (χ3n) is 6.22. The van der Waals surface area contributed by atoms with Crippen LogP contribution < -0.4 is 15.4 Å². The molecule has 2 aromatic carbocycles. The molecule has 0 saturated carbocycles. The van der Waals surface area contributed by atoms with Crippen molar-refractivity contribution in [1.29, 1.82) is 0 Å². The molecular weight excluding hydrogens is 435 g/mol. The second kappa shape index (κ2) is 10.5. The van der Waals surface area contributed by atoms with Crippen molar-refractivity contribution in [3.63, 3.8) is 0 Å². The Kier molecular flexibility index (Phi) is 7.25. The fraction of sp³-hybridized carbons (Fsp3) is 0.346. The summed E-state index contributed by atoms with van der Waals surface area (Å²) in [5, 5.41) is 10.3. The molecule has 0 aliphatic carbocycles. The number of benzene rings is 2. The zero-order valence-corrected chi connectivity index (χ0v) is 19.2. The van der Waals surface area contributed by atoms with Gasteiger partial charge in [-0.3, -0.25) is 14.3 Å². The molecule has 4 rings (SSSR count). The Morgan fingerprint density at radius 2 is 2.06 bits per heavy atom. The molecule has 2 amide bonds. The average molecular weight is 465 g/mol. The molecule has 1 saturated heterocycles. The molecule has 1 atom stereocenters. The number of ether oxygens (including phenoxy) is 1. The van der Waals surface area contributed by atoms with Gasteiger partial charge < -0.3 is 15.4 Å². The zero-order chi connectivity index (χ0) is 24.0. The lowest BCUT2D eigenvalue weighted by Crippen LogP contribution is -2.44. The Hall–Kier alpha value is -3.68. The van der Waals surface area contributed by atoms with Gasteiger partial charge in [-0.05, 0) is 36.5 Å². The minimum absolute atomic E-state index is 0.0693. The predicted octanol–water partition coefficient (Wildman–Crippen LogP) is 3.37. The minimum atomic E-state index is -0.635. The molecule has 1 fully saturated rings. The molecule has 0 radical (unpaired) electrons. The molecule has 1 aliphatic heterocycles. The Morgan fingerprint density at radius 1 is 1.24 bits per heavy atom. The van der Waals surface area contributed by atoms with Crippen LogP contribution in [0, 0.1) is 5.82 Å². The molecule has 178 valence electrons. The number of rotatable bonds is 10. The fourth-order valence-electron chi connectivity index (χ4n) is 4.34. The van der Waals surface area contributed by atoms with E-state index in [-0.39, 0.29) is 24.1 Å². The molecule has 8 heteroatoms. The normalized spacial score (nSPS) is 17.4. The van der Waals surface area contributed by atoms with Crippen LogP contribution in [0.4, 0.5) is 4.39 Å². The van der Waals surface area contributed by atoms with Gasteiger partial charge in [-0.2, -0.15) is 5.10 Å². The van der Waals surface area contributed by atoms with Crippen molar-refractivity contribution in [2.45, 2.75) is 50.7 Å². The summed E-state index contributed by atoms with van der Waals surface area (Å²) in [6.07, 6.45) is 5.59. The molecule has 34 heavy (non-hydrogen) atoms. The second-order valence-electron chi connectivity index (χ2n) is 8.77. The van der Waals surface area contributed by atoms with E-state index in [0.717, 1.165) is 11.1 Å². The van der Waals surface area contributed by atoms with Crippen LogP contribution in [0.5, 0.6) is 5.75 Å². The fourth-order valence-corrected chi connectivity index (χ4v) is 4.34. The monoisotopic (exact) mass is 464 g/mol. The van der Waals surface area contributed by atoms with Crippen LogP contribution in [-0.4, -0.2) is 34.2 Å². The van der Waals surface area contributed by atoms with Gasteiger partial charge in [0.1, 0.15) is 11.6 Å². The third-order valence-corrected chi connectivity index (χ3v) is 6.22. The van der Waals surface area contributed by atoms with Crippen molar-refractivity contribution < 1.29 is 18.7 Å². The van der Waals surface area contributed by atoms with Crippen molar-refractivity contribution >= 4 is 11.8 Å². The highest BCUT2D eigenvalue weighted by Gasteiger charge is 2.38. The van der Waals surface area contributed by atoms with Gasteiger partial charge in [0.15, 0.2) is 0 Å². The van der Waals surface area contributed by atoms with E-state index >= 15 is 0 Å². The topological polar surface area (TPSA) is 85.2 Å². The maximum atomic E-state index is 14.5. The maximum Gasteiger partial charge on any atom is 0.220 e. The highest BCUT2D eigenvalue weighted by molar-refractivity contribution is 5.80. The van der Waals surface area contributed by atoms with Gasteiger partial charge in [-0.25, -0.2) is 4.39 Å². The second-order valence-corrected chi connectivity index (χ2v) is 8.77. The van der Waals surface area contributed by atoms with Crippen molar-refractivity contribution in [3.05, 3.63) is 83.4 Å². The number of hydrogen-bond donors (Lipinski definition) is 2. The van der Waals surface area contributed by atoms with Gasteiger partial charge in [-0.15, -0.1) is 0 Å². The van der Waals surface area contributed by atoms with E-state index in [2.05, 4.69) is 15.7 Å². The van der Waals surface area contributed by atoms with E-state index < -0.39 is 5.54 Å². The first-order valence-corrected chi connectivity index (χ1v) is 11.4. The standard InChI is InChI=1S/C26H29FN4O3/c1-34-22-8-7-21(23(27)13-22)14-26(12-10-25(33)30-26)11-9-24(32)28-15-20-16-29-31(18-20)17-19-5-3-2-4-6-19/h2-8,13,16,18H,9-12,14-15,17H2,1H3,(H,28,32)(H,30,33)/t26-/m1/s1. The van der Waals surface area contributed by atoms with Crippen LogP contribution in [0.25, 0.3) is 0 Å². The maximum absolute atomic E-state index is 14.5. The van der Waals surface area contributed by atoms with Gasteiger partial charge in [-0.1, -0.05) is 36.4 Å². The summed E-state index contributed by atoms with van der Waals surface area (Å²) in [5.74, 6) is -0.124. The summed E-state index contributed by atoms with van der Waals surface area (Å²) < 4.78 is 21.4. The van der Waals surface area contributed by atoms with E-state index in [1.807, 2.05) is 41.2 Å². The number of amides is 2. The molecule has 7 nitrogen and oxygen atoms in total. The van der Waals surface area contributed by atoms with Crippen LogP contribution >= 0.6 is 0 Å². The molecule has 0 bridgehead atoms. The first kappa shape index (κ1) is 23.5. The summed E-state index contributed by atoms with van der Waals surface area (Å²) in [5.41, 5.74) is 1.92. The van der Waals surface area contributed by atoms with Crippen molar-refractivity contribution in [2.75, 3.05) is 7.11 Å². The lowest BCUT2D eigenvalue weighted by molar-refractivity contribution is -0.122. The number of carbonyl (C=O) groups is 2. The Bertz CT molecular complexity index is 1150. The molecule has 2 N–H and O–H groups in total. The lowest BCUT2D eigenvalue weighted by Gasteiger charge is -2.29. The number of aromatic nitrogens is 2. The van der Waals surface area contributed by atoms with E-state index in [1.165, 1.54) is 13.2 Å². The lowest BCUT2D eigenvalue weighted by atomic mass is 9.84. The van der Waals surface area contributed by atoms with Crippen molar-refractivity contribution in [1.82, 2.24) is 20.4 Å². The molecule has 1 aliphatic rings. The summed E-state index contributed by atoms with van der Waals surface area (Å²) in [4.78, 5) is 24.5. The number of carbonyl (C=O) groups excluding carboxylic acids is 2. The van der Waals surface area contributed by atoms with Crippen molar-refractivity contribution in [3.8, 4) is 5.75 Å². The van der Waals surface area contributed by atoms with Crippen LogP contribution in [0.1, 0.15) is 42.4 Å². The number of nitrogens with zero attached hydrogens (tertiary/aromatic N) is 2. The van der Waals surface area contributed by atoms with Crippen molar-refractivity contribution in [2.24, 2.45) is 0 Å². The minimum Gasteiger partial charge on any atom is -0.497 e. The summed E-state index contributed by atoms with van der Waals surface area (Å²) in [7, 11) is 1.49. The van der Waals surface area contributed by atoms with Crippen LogP contribution in [0.15, 0.2) is 60.9 Å². The first-order valence-electron chi connectivity index (χ1n) is 11.4. The van der Waals surface area contributed by atoms with E-state index in [4.69, 9.17) is 4.74 Å². The smallest absolute Gasteiger partial charge is 0.220 e. The number of halogens is 1. The highest BCUT2D eigenvalue weighted by Crippen LogP contribution is 2.31. The van der Waals surface area contributed by atoms with E-state index in [0.29, 0.717) is 50.1 Å². The highest BCUT2D eigenvalue weighted by atomic mass is 19.1. The zero-order valence-electron chi connectivity index (χ0n) is 19.2. The van der Waals surface area contributed by atoms with Crippen LogP contribution in [0.3, 0.4) is 0 Å². The van der Waals surface area contributed by atoms with Gasteiger partial charge in [0, 0.05) is 42.8 Å².